The molecule has 0 unspecified atom stereocenters. The van der Waals surface area contributed by atoms with Crippen molar-refractivity contribution in [2.24, 2.45) is 0 Å². The van der Waals surface area contributed by atoms with Crippen LogP contribution in [0, 0.1) is 48.3 Å². The maximum Gasteiger partial charge on any atom is 3.00 e. The molecule has 0 atom stereocenters. The van der Waals surface area contributed by atoms with E-state index in [-0.39, 0.29) is 41.7 Å². The summed E-state index contributed by atoms with van der Waals surface area (Å²) >= 11 is 0. The molecule has 0 aromatic heterocycles. The third-order valence-corrected chi connectivity index (χ3v) is 0.0680. The van der Waals surface area contributed by atoms with Gasteiger partial charge in [-0.3, -0.25) is 13.1 Å². The molecule has 0 bridgehead atoms. The van der Waals surface area contributed by atoms with Crippen molar-refractivity contribution in [3.05, 3.63) is 12.7 Å². The van der Waals surface area contributed by atoms with Crippen LogP contribution < -0.4 is 0 Å². The van der Waals surface area contributed by atoms with Gasteiger partial charge in [-0.15, -0.1) is 0 Å². The van der Waals surface area contributed by atoms with E-state index < -0.39 is 0 Å². The van der Waals surface area contributed by atoms with Crippen LogP contribution in [0.4, 0.5) is 0 Å². The molecule has 0 aromatic rings. The van der Waals surface area contributed by atoms with Gasteiger partial charge < -0.3 is 22.2 Å². The molecule has 1 radical (unpaired) electrons. The fraction of sp³-hybridized carbons (Fsp3) is 0. The van der Waals surface area contributed by atoms with Crippen molar-refractivity contribution in [3.63, 3.8) is 0 Å². The topological polar surface area (TPSA) is 34.1 Å². The Morgan fingerprint density at radius 2 is 1.57 bits per heavy atom. The zero-order valence-electron chi connectivity index (χ0n) is 3.55. The number of carbonyl (C=O) groups excluding carboxylic acids is 2. The minimum Gasteiger partial charge on any atom is -0.547 e. The molecule has 0 N–H and O–H groups in total. The van der Waals surface area contributed by atoms with Crippen molar-refractivity contribution in [3.8, 4) is 0 Å². The summed E-state index contributed by atoms with van der Waals surface area (Å²) in [5, 5.41) is 0. The quantitative estimate of drug-likeness (QED) is 0.351. The smallest absolute Gasteiger partial charge is 0.547 e. The summed E-state index contributed by atoms with van der Waals surface area (Å²) in [6.07, 6.45) is 2.15. The van der Waals surface area contributed by atoms with E-state index >= 15 is 0 Å². The number of rotatable bonds is 1. The number of allylic oxidation sites excluding steroid dienone is 1. The Labute approximate surface area is 76.4 Å². The molecule has 0 aliphatic carbocycles. The van der Waals surface area contributed by atoms with Gasteiger partial charge in [-0.05, 0) is 0 Å². The Kier molecular flexibility index (Phi) is 71.2. The predicted octanol–water partition coefficient (Wildman–Crippen LogP) is -0.189. The van der Waals surface area contributed by atoms with Crippen LogP contribution in [-0.2, 0) is 9.59 Å². The van der Waals surface area contributed by atoms with Crippen LogP contribution in [-0.4, -0.2) is 13.1 Å². The van der Waals surface area contributed by atoms with Crippen LogP contribution >= 0.6 is 0 Å². The van der Waals surface area contributed by atoms with Gasteiger partial charge in [0.25, 0.3) is 0 Å². The molecular formula is C4H3CeO2. The fourth-order valence-electron chi connectivity index (χ4n) is 0. The summed E-state index contributed by atoms with van der Waals surface area (Å²) in [7, 11) is 0. The van der Waals surface area contributed by atoms with E-state index in [0.717, 1.165) is 6.08 Å². The number of hydrogen-bond acceptors (Lipinski definition) is 2. The first-order valence-electron chi connectivity index (χ1n) is 1.06. The Morgan fingerprint density at radius 1 is 1.43 bits per heavy atom. The molecule has 0 spiro atoms. The summed E-state index contributed by atoms with van der Waals surface area (Å²) in [6, 6.07) is 0. The summed E-state index contributed by atoms with van der Waals surface area (Å²) in [6.45, 7) is 7.73. The van der Waals surface area contributed by atoms with Crippen molar-refractivity contribution in [2.45, 2.75) is 0 Å². The third-order valence-electron chi connectivity index (χ3n) is 0.0680. The van der Waals surface area contributed by atoms with Crippen LogP contribution in [0.2, 0.25) is 0 Å². The Bertz CT molecular complexity index is 39.0. The van der Waals surface area contributed by atoms with Gasteiger partial charge >= 0.3 is 41.7 Å². The van der Waals surface area contributed by atoms with E-state index in [9.17, 15) is 0 Å². The number of hydrogen-bond donors (Lipinski definition) is 0. The Hall–Kier alpha value is 0.457. The largest absolute Gasteiger partial charge is 3.00 e. The predicted molar refractivity (Wildman–Crippen MR) is 21.3 cm³/mol. The van der Waals surface area contributed by atoms with Crippen molar-refractivity contribution in [1.82, 2.24) is 0 Å². The second-order valence-electron chi connectivity index (χ2n) is 0.285. The average Bonchev–Trinajstić information content (AvgIpc) is 1.72. The average molecular weight is 223 g/mol. The third kappa shape index (κ3) is 60.4. The maximum atomic E-state index is 8.87. The first kappa shape index (κ1) is 15.7. The molecule has 0 heterocycles. The van der Waals surface area contributed by atoms with Gasteiger partial charge in [0, 0.05) is 0 Å². The van der Waals surface area contributed by atoms with Gasteiger partial charge in [0.15, 0.2) is 0 Å². The van der Waals surface area contributed by atoms with Crippen LogP contribution in [0.1, 0.15) is 0 Å². The van der Waals surface area contributed by atoms with Crippen molar-refractivity contribution >= 4 is 13.1 Å². The van der Waals surface area contributed by atoms with E-state index in [1.165, 1.54) is 6.29 Å². The summed E-state index contributed by atoms with van der Waals surface area (Å²) in [4.78, 5) is 16.6. The molecule has 0 saturated heterocycles. The summed E-state index contributed by atoms with van der Waals surface area (Å²) in [5.74, 6) is 0. The first-order chi connectivity index (χ1) is 2.91. The second-order valence-corrected chi connectivity index (χ2v) is 0.285. The summed E-state index contributed by atoms with van der Waals surface area (Å²) < 4.78 is 0. The Morgan fingerprint density at radius 3 is 1.57 bits per heavy atom. The van der Waals surface area contributed by atoms with E-state index in [1.807, 2.05) is 0 Å². The van der Waals surface area contributed by atoms with Gasteiger partial charge in [-0.2, -0.15) is 0 Å². The van der Waals surface area contributed by atoms with E-state index in [2.05, 4.69) is 13.4 Å². The normalized spacial score (nSPS) is 3.43. The molecule has 35 valence electrons. The standard InChI is InChI=1S/C3H2O.CHO.Ce/c1-2-3-4;1-2;/h1-2H;1H;/q-2;-1;+3. The molecule has 0 amide bonds. The van der Waals surface area contributed by atoms with Gasteiger partial charge in [0.2, 0.25) is 0 Å². The maximum absolute atomic E-state index is 8.87. The minimum absolute atomic E-state index is 0. The molecule has 0 aliphatic rings. The Balaban J connectivity index is -0.0000000480. The molecule has 0 fully saturated rings. The monoisotopic (exact) mass is 223 g/mol. The molecular weight excluding hydrogens is 220 g/mol. The SMILES string of the molecule is [CH-]=C[C-]=O.[CH-]=O.[Ce+3]. The van der Waals surface area contributed by atoms with Crippen LogP contribution in [0.3, 0.4) is 0 Å². The molecule has 0 rings (SSSR count). The molecule has 0 saturated carbocycles. The zero-order valence-corrected chi connectivity index (χ0v) is 6.69. The van der Waals surface area contributed by atoms with E-state index in [0.29, 0.717) is 0 Å². The molecule has 2 nitrogen and oxygen atoms in total. The summed E-state index contributed by atoms with van der Waals surface area (Å²) in [5.41, 5.74) is 0. The molecule has 7 heavy (non-hydrogen) atoms. The van der Waals surface area contributed by atoms with Gasteiger partial charge in [-0.25, -0.2) is 0 Å². The van der Waals surface area contributed by atoms with Crippen LogP contribution in [0.25, 0.3) is 0 Å². The van der Waals surface area contributed by atoms with Gasteiger partial charge in [-0.1, -0.05) is 0 Å². The fourth-order valence-corrected chi connectivity index (χ4v) is 0. The first-order valence-corrected chi connectivity index (χ1v) is 1.06. The van der Waals surface area contributed by atoms with Crippen molar-refractivity contribution < 1.29 is 51.3 Å². The molecule has 0 aromatic carbocycles. The minimum atomic E-state index is 0. The van der Waals surface area contributed by atoms with E-state index in [4.69, 9.17) is 9.59 Å². The molecule has 0 aliphatic heterocycles. The van der Waals surface area contributed by atoms with Crippen molar-refractivity contribution in [1.29, 1.82) is 0 Å². The van der Waals surface area contributed by atoms with Gasteiger partial charge in [0.1, 0.15) is 0 Å². The van der Waals surface area contributed by atoms with Crippen LogP contribution in [0.5, 0.6) is 0 Å². The van der Waals surface area contributed by atoms with E-state index in [1.54, 1.807) is 0 Å². The van der Waals surface area contributed by atoms with Crippen LogP contribution in [0.15, 0.2) is 6.08 Å². The zero-order chi connectivity index (χ0) is 5.41. The molecule has 3 heteroatoms. The van der Waals surface area contributed by atoms with Crippen molar-refractivity contribution in [2.75, 3.05) is 0 Å². The second kappa shape index (κ2) is 31.9. The van der Waals surface area contributed by atoms with Gasteiger partial charge in [0.05, 0.1) is 0 Å².